The van der Waals surface area contributed by atoms with E-state index in [1.807, 2.05) is 38.9 Å². The molecule has 6 heterocycles. The molecule has 0 aliphatic carbocycles. The third-order valence-corrected chi connectivity index (χ3v) is 9.25. The van der Waals surface area contributed by atoms with Crippen LogP contribution in [0.5, 0.6) is 0 Å². The van der Waals surface area contributed by atoms with Gasteiger partial charge >= 0.3 is 11.9 Å². The quantitative estimate of drug-likeness (QED) is 0.392. The molecule has 13 nitrogen and oxygen atoms in total. The molecule has 2 atom stereocenters. The van der Waals surface area contributed by atoms with E-state index in [1.54, 1.807) is 0 Å². The SMILES string of the molecule is O=C(O)CN1CCN2CCN(CC(=O)O)CCN(CC1)CC1CCCC([N-]1)c1cnnn1Cc1cc(-c3ccccc3)cc(n1)C2.[Lu]. The summed E-state index contributed by atoms with van der Waals surface area (Å²) in [5.74, 6) is -1.67. The van der Waals surface area contributed by atoms with Gasteiger partial charge in [-0.05, 0) is 29.8 Å². The van der Waals surface area contributed by atoms with Crippen LogP contribution >= 0.6 is 0 Å². The zero-order valence-electron chi connectivity index (χ0n) is 26.6. The van der Waals surface area contributed by atoms with Crippen LogP contribution in [0.4, 0.5) is 0 Å². The van der Waals surface area contributed by atoms with Crippen molar-refractivity contribution in [3.63, 3.8) is 0 Å². The van der Waals surface area contributed by atoms with Crippen molar-refractivity contribution in [2.24, 2.45) is 0 Å². The zero-order valence-corrected chi connectivity index (χ0v) is 28.2. The number of hydrogen-bond acceptors (Lipinski definition) is 9. The Balaban J connectivity index is 0.00000433. The number of carbonyl (C=O) groups is 2. The largest absolute Gasteiger partial charge is 0.651 e. The average Bonchev–Trinajstić information content (AvgIpc) is 3.50. The molecule has 0 amide bonds. The number of piperidine rings is 1. The number of carboxylic acids is 2. The van der Waals surface area contributed by atoms with Crippen LogP contribution in [0.3, 0.4) is 0 Å². The fourth-order valence-corrected chi connectivity index (χ4v) is 6.87. The second-order valence-electron chi connectivity index (χ2n) is 12.7. The van der Waals surface area contributed by atoms with Crippen LogP contribution in [-0.4, -0.2) is 140 Å². The van der Waals surface area contributed by atoms with Gasteiger partial charge in [-0.15, -0.1) is 11.1 Å². The van der Waals surface area contributed by atoms with Crippen LogP contribution in [0.2, 0.25) is 0 Å². The minimum atomic E-state index is -0.836. The van der Waals surface area contributed by atoms with Gasteiger partial charge in [0.2, 0.25) is 0 Å². The Morgan fingerprint density at radius 2 is 1.40 bits per heavy atom. The molecule has 1 radical (unpaired) electrons. The van der Waals surface area contributed by atoms with Crippen molar-refractivity contribution < 1.29 is 56.7 Å². The molecular weight excluding hydrogens is 761 g/mol. The van der Waals surface area contributed by atoms with Gasteiger partial charge in [0, 0.05) is 101 Å². The van der Waals surface area contributed by atoms with E-state index in [-0.39, 0.29) is 62.0 Å². The first-order chi connectivity index (χ1) is 22.4. The molecule has 2 aromatic heterocycles. The van der Waals surface area contributed by atoms with Crippen LogP contribution in [0.25, 0.3) is 16.4 Å². The summed E-state index contributed by atoms with van der Waals surface area (Å²) in [5.41, 5.74) is 4.93. The molecule has 2 N–H and O–H groups in total. The Morgan fingerprint density at radius 1 is 0.787 bits per heavy atom. The van der Waals surface area contributed by atoms with Crippen molar-refractivity contribution in [2.75, 3.05) is 72.0 Å². The van der Waals surface area contributed by atoms with Gasteiger partial charge in [-0.25, -0.2) is 4.68 Å². The number of aromatic nitrogens is 4. The summed E-state index contributed by atoms with van der Waals surface area (Å²) in [5, 5.41) is 33.5. The standard InChI is InChI=1S/C33H44N9O4.Lu/c43-32(44)23-40-13-9-38-10-14-41(24-33(45)46)16-12-39(11-15-40)21-28-17-26(25-5-2-1-3-6-25)18-29(35-28)22-42-31(19-34-37-42)30-8-4-7-27(20-38)36-30;/h1-3,5-6,17-19,27,30H,4,7-16,20-24H2,(H,43,44)(H,45,46);/q-1;. The molecule has 4 aliphatic heterocycles. The van der Waals surface area contributed by atoms with Crippen LogP contribution in [0.15, 0.2) is 48.7 Å². The molecule has 14 heteroatoms. The first kappa shape index (κ1) is 35.8. The van der Waals surface area contributed by atoms with E-state index in [0.29, 0.717) is 65.4 Å². The number of carboxylic acid groups (broad SMARTS) is 2. The summed E-state index contributed by atoms with van der Waals surface area (Å²) in [6.07, 6.45) is 4.78. The average molecular weight is 806 g/mol. The molecule has 1 aromatic carbocycles. The number of benzene rings is 1. The number of pyridine rings is 1. The van der Waals surface area contributed by atoms with Gasteiger partial charge in [-0.1, -0.05) is 60.8 Å². The van der Waals surface area contributed by atoms with Gasteiger partial charge in [-0.2, -0.15) is 0 Å². The van der Waals surface area contributed by atoms with Crippen molar-refractivity contribution in [1.29, 1.82) is 0 Å². The van der Waals surface area contributed by atoms with Crippen LogP contribution < -0.4 is 0 Å². The molecule has 7 rings (SSSR count). The maximum absolute atomic E-state index is 11.9. The first-order valence-electron chi connectivity index (χ1n) is 16.3. The predicted octanol–water partition coefficient (Wildman–Crippen LogP) is 2.26. The minimum Gasteiger partial charge on any atom is -0.651 e. The fourth-order valence-electron chi connectivity index (χ4n) is 6.87. The topological polar surface area (TPSA) is 145 Å². The molecule has 261 valence electrons. The van der Waals surface area contributed by atoms with E-state index in [1.165, 1.54) is 0 Å². The van der Waals surface area contributed by atoms with Gasteiger partial charge < -0.3 is 20.4 Å². The Bertz CT molecular complexity index is 1440. The van der Waals surface area contributed by atoms with E-state index >= 15 is 0 Å². The molecule has 4 aliphatic rings. The molecule has 0 saturated carbocycles. The second-order valence-corrected chi connectivity index (χ2v) is 12.7. The molecule has 2 saturated heterocycles. The molecular formula is C33H44LuN9O4-. The van der Waals surface area contributed by atoms with Crippen molar-refractivity contribution in [2.45, 2.75) is 44.4 Å². The minimum absolute atomic E-state index is 0. The fraction of sp³-hybridized carbons (Fsp3) is 0.545. The third kappa shape index (κ3) is 10.2. The molecule has 2 fully saturated rings. The van der Waals surface area contributed by atoms with E-state index in [4.69, 9.17) is 10.3 Å². The van der Waals surface area contributed by atoms with E-state index in [2.05, 4.69) is 44.4 Å². The summed E-state index contributed by atoms with van der Waals surface area (Å²) < 4.78 is 1.95. The smallest absolute Gasteiger partial charge is 0.317 e. The summed E-state index contributed by atoms with van der Waals surface area (Å²) >= 11 is 0. The molecule has 0 spiro atoms. The van der Waals surface area contributed by atoms with Crippen molar-refractivity contribution in [3.8, 4) is 11.1 Å². The normalized spacial score (nSPS) is 24.8. The van der Waals surface area contributed by atoms with Crippen molar-refractivity contribution in [3.05, 3.63) is 71.1 Å². The van der Waals surface area contributed by atoms with Crippen molar-refractivity contribution in [1.82, 2.24) is 39.6 Å². The van der Waals surface area contributed by atoms with Crippen LogP contribution in [0.1, 0.15) is 42.4 Å². The molecule has 47 heavy (non-hydrogen) atoms. The zero-order chi connectivity index (χ0) is 31.9. The maximum atomic E-state index is 11.9. The second kappa shape index (κ2) is 17.2. The molecule has 3 aromatic rings. The molecule has 6 bridgehead atoms. The third-order valence-electron chi connectivity index (χ3n) is 9.25. The van der Waals surface area contributed by atoms with E-state index in [9.17, 15) is 19.8 Å². The first-order valence-corrected chi connectivity index (χ1v) is 16.3. The number of fused-ring (bicyclic) bond motifs is 8. The number of hydrogen-bond donors (Lipinski definition) is 2. The monoisotopic (exact) mass is 805 g/mol. The number of rotatable bonds is 5. The summed E-state index contributed by atoms with van der Waals surface area (Å²) in [7, 11) is 0. The number of nitrogens with zero attached hydrogens (tertiary/aromatic N) is 9. The Labute approximate surface area is 305 Å². The van der Waals surface area contributed by atoms with Gasteiger partial charge in [0.15, 0.2) is 0 Å². The summed E-state index contributed by atoms with van der Waals surface area (Å²) in [4.78, 5) is 37.5. The summed E-state index contributed by atoms with van der Waals surface area (Å²) in [6.45, 7) is 6.76. The Kier molecular flexibility index (Phi) is 13.1. The predicted molar refractivity (Wildman–Crippen MR) is 172 cm³/mol. The maximum Gasteiger partial charge on any atom is 0.317 e. The molecule has 2 unspecified atom stereocenters. The van der Waals surface area contributed by atoms with Crippen LogP contribution in [-0.2, 0) is 22.7 Å². The Morgan fingerprint density at radius 3 is 2.04 bits per heavy atom. The Hall–Kier alpha value is -2.52. The van der Waals surface area contributed by atoms with Gasteiger partial charge in [0.25, 0.3) is 0 Å². The number of aliphatic carboxylic acids is 2. The van der Waals surface area contributed by atoms with Gasteiger partial charge in [0.05, 0.1) is 37.2 Å². The van der Waals surface area contributed by atoms with Gasteiger partial charge in [0.1, 0.15) is 0 Å². The van der Waals surface area contributed by atoms with Crippen molar-refractivity contribution >= 4 is 11.9 Å². The summed E-state index contributed by atoms with van der Waals surface area (Å²) in [6, 6.07) is 14.6. The van der Waals surface area contributed by atoms with E-state index in [0.717, 1.165) is 54.0 Å². The van der Waals surface area contributed by atoms with E-state index < -0.39 is 11.9 Å². The van der Waals surface area contributed by atoms with Gasteiger partial charge in [-0.3, -0.25) is 29.3 Å². The van der Waals surface area contributed by atoms with Crippen LogP contribution in [0, 0.1) is 36.9 Å².